The van der Waals surface area contributed by atoms with Crippen LogP contribution in [0.3, 0.4) is 0 Å². The fourth-order valence-corrected chi connectivity index (χ4v) is 1.09. The zero-order valence-electron chi connectivity index (χ0n) is 8.04. The Kier molecular flexibility index (Phi) is 3.83. The first kappa shape index (κ1) is 10.9. The third-order valence-corrected chi connectivity index (χ3v) is 2.02. The molecule has 14 heavy (non-hydrogen) atoms. The quantitative estimate of drug-likeness (QED) is 0.640. The fraction of sp³-hybridized carbons (Fsp3) is 0.200. The molecular formula is C10H11BrN2O. The topological polar surface area (TPSA) is 41.5 Å². The molecule has 0 saturated carbocycles. The molecule has 1 N–H and O–H groups in total. The van der Waals surface area contributed by atoms with E-state index in [0.717, 1.165) is 10.2 Å². The van der Waals surface area contributed by atoms with Crippen molar-refractivity contribution in [2.75, 3.05) is 0 Å². The van der Waals surface area contributed by atoms with Gasteiger partial charge in [0.15, 0.2) is 0 Å². The van der Waals surface area contributed by atoms with E-state index in [-0.39, 0.29) is 5.91 Å². The highest BCUT2D eigenvalue weighted by molar-refractivity contribution is 9.10. The number of hydrazone groups is 1. The number of benzene rings is 1. The van der Waals surface area contributed by atoms with E-state index in [0.29, 0.717) is 5.56 Å². The van der Waals surface area contributed by atoms with Crippen molar-refractivity contribution >= 4 is 27.5 Å². The Labute approximate surface area is 91.3 Å². The summed E-state index contributed by atoms with van der Waals surface area (Å²) in [5.41, 5.74) is 3.86. The van der Waals surface area contributed by atoms with Crippen molar-refractivity contribution in [3.63, 3.8) is 0 Å². The summed E-state index contributed by atoms with van der Waals surface area (Å²) in [6, 6.07) is 7.11. The second-order valence-corrected chi connectivity index (χ2v) is 3.92. The highest BCUT2D eigenvalue weighted by Gasteiger charge is 2.02. The van der Waals surface area contributed by atoms with Gasteiger partial charge in [-0.05, 0) is 38.1 Å². The molecule has 1 aromatic rings. The molecule has 4 heteroatoms. The number of nitrogens with one attached hydrogen (secondary N) is 1. The van der Waals surface area contributed by atoms with Gasteiger partial charge in [-0.3, -0.25) is 4.79 Å². The molecule has 0 spiro atoms. The molecule has 0 atom stereocenters. The number of amides is 1. The van der Waals surface area contributed by atoms with Crippen LogP contribution in [0.15, 0.2) is 33.8 Å². The largest absolute Gasteiger partial charge is 0.271 e. The summed E-state index contributed by atoms with van der Waals surface area (Å²) >= 11 is 3.30. The lowest BCUT2D eigenvalue weighted by Crippen LogP contribution is -2.18. The van der Waals surface area contributed by atoms with Crippen LogP contribution in [0.4, 0.5) is 0 Å². The molecule has 0 fully saturated rings. The minimum atomic E-state index is -0.196. The molecular weight excluding hydrogens is 244 g/mol. The highest BCUT2D eigenvalue weighted by Crippen LogP contribution is 2.10. The first-order chi connectivity index (χ1) is 6.59. The number of carbonyl (C=O) groups is 1. The molecule has 0 aliphatic heterocycles. The standard InChI is InChI=1S/C10H11BrN2O/c1-7(2)12-13-10(14)8-3-5-9(11)6-4-8/h3-6H,1-2H3,(H,13,14). The van der Waals surface area contributed by atoms with E-state index >= 15 is 0 Å². The lowest BCUT2D eigenvalue weighted by Gasteiger charge is -2.00. The number of carbonyl (C=O) groups excluding carboxylic acids is 1. The van der Waals surface area contributed by atoms with Gasteiger partial charge in [0.25, 0.3) is 5.91 Å². The van der Waals surface area contributed by atoms with Gasteiger partial charge in [0, 0.05) is 15.7 Å². The molecule has 1 amide bonds. The van der Waals surface area contributed by atoms with Gasteiger partial charge in [-0.15, -0.1) is 0 Å². The molecule has 0 heterocycles. The zero-order chi connectivity index (χ0) is 10.6. The normalized spacial score (nSPS) is 9.36. The van der Waals surface area contributed by atoms with E-state index in [4.69, 9.17) is 0 Å². The predicted octanol–water partition coefficient (Wildman–Crippen LogP) is 2.57. The van der Waals surface area contributed by atoms with Crippen molar-refractivity contribution in [3.8, 4) is 0 Å². The van der Waals surface area contributed by atoms with Crippen LogP contribution < -0.4 is 5.43 Å². The SMILES string of the molecule is CC(C)=NNC(=O)c1ccc(Br)cc1. The van der Waals surface area contributed by atoms with Crippen molar-refractivity contribution < 1.29 is 4.79 Å². The van der Waals surface area contributed by atoms with Crippen LogP contribution in [-0.2, 0) is 0 Å². The van der Waals surface area contributed by atoms with Crippen LogP contribution in [0.2, 0.25) is 0 Å². The number of halogens is 1. The summed E-state index contributed by atoms with van der Waals surface area (Å²) in [5, 5.41) is 3.83. The number of hydrogen-bond acceptors (Lipinski definition) is 2. The zero-order valence-corrected chi connectivity index (χ0v) is 9.63. The molecule has 0 saturated heterocycles. The predicted molar refractivity (Wildman–Crippen MR) is 60.4 cm³/mol. The maximum atomic E-state index is 11.4. The third-order valence-electron chi connectivity index (χ3n) is 1.49. The summed E-state index contributed by atoms with van der Waals surface area (Å²) in [6.45, 7) is 3.64. The minimum Gasteiger partial charge on any atom is -0.267 e. The van der Waals surface area contributed by atoms with Gasteiger partial charge in [-0.2, -0.15) is 5.10 Å². The lowest BCUT2D eigenvalue weighted by atomic mass is 10.2. The van der Waals surface area contributed by atoms with Crippen molar-refractivity contribution in [1.82, 2.24) is 5.43 Å². The van der Waals surface area contributed by atoms with E-state index in [1.54, 1.807) is 12.1 Å². The molecule has 0 aromatic heterocycles. The number of hydrogen-bond donors (Lipinski definition) is 1. The van der Waals surface area contributed by atoms with Crippen molar-refractivity contribution in [3.05, 3.63) is 34.3 Å². The molecule has 1 rings (SSSR count). The van der Waals surface area contributed by atoms with E-state index in [9.17, 15) is 4.79 Å². The minimum absolute atomic E-state index is 0.196. The molecule has 74 valence electrons. The van der Waals surface area contributed by atoms with Crippen LogP contribution in [0.25, 0.3) is 0 Å². The van der Waals surface area contributed by atoms with E-state index in [1.807, 2.05) is 26.0 Å². The second-order valence-electron chi connectivity index (χ2n) is 3.01. The molecule has 1 aromatic carbocycles. The molecule has 0 aliphatic rings. The second kappa shape index (κ2) is 4.91. The third kappa shape index (κ3) is 3.30. The van der Waals surface area contributed by atoms with Crippen molar-refractivity contribution in [2.24, 2.45) is 5.10 Å². The lowest BCUT2D eigenvalue weighted by molar-refractivity contribution is 0.0954. The molecule has 0 radical (unpaired) electrons. The molecule has 0 bridgehead atoms. The van der Waals surface area contributed by atoms with Crippen molar-refractivity contribution in [2.45, 2.75) is 13.8 Å². The van der Waals surface area contributed by atoms with E-state index in [2.05, 4.69) is 26.5 Å². The van der Waals surface area contributed by atoms with Gasteiger partial charge in [0.2, 0.25) is 0 Å². The van der Waals surface area contributed by atoms with E-state index in [1.165, 1.54) is 0 Å². The monoisotopic (exact) mass is 254 g/mol. The van der Waals surface area contributed by atoms with Crippen molar-refractivity contribution in [1.29, 1.82) is 0 Å². The summed E-state index contributed by atoms with van der Waals surface area (Å²) in [6.07, 6.45) is 0. The molecule has 0 unspecified atom stereocenters. The number of rotatable bonds is 2. The van der Waals surface area contributed by atoms with Gasteiger partial charge in [0.05, 0.1) is 0 Å². The van der Waals surface area contributed by atoms with Gasteiger partial charge >= 0.3 is 0 Å². The number of nitrogens with zero attached hydrogens (tertiary/aromatic N) is 1. The highest BCUT2D eigenvalue weighted by atomic mass is 79.9. The average molecular weight is 255 g/mol. The summed E-state index contributed by atoms with van der Waals surface area (Å²) in [7, 11) is 0. The Balaban J connectivity index is 2.70. The first-order valence-electron chi connectivity index (χ1n) is 4.16. The maximum absolute atomic E-state index is 11.4. The van der Waals surface area contributed by atoms with Crippen LogP contribution >= 0.6 is 15.9 Å². The van der Waals surface area contributed by atoms with E-state index < -0.39 is 0 Å². The maximum Gasteiger partial charge on any atom is 0.271 e. The van der Waals surface area contributed by atoms with Crippen LogP contribution in [0.1, 0.15) is 24.2 Å². The first-order valence-corrected chi connectivity index (χ1v) is 4.95. The Hall–Kier alpha value is -1.16. The van der Waals surface area contributed by atoms with Gasteiger partial charge in [-0.25, -0.2) is 5.43 Å². The Morgan fingerprint density at radius 2 is 1.86 bits per heavy atom. The molecule has 0 aliphatic carbocycles. The Morgan fingerprint density at radius 3 is 2.36 bits per heavy atom. The van der Waals surface area contributed by atoms with Gasteiger partial charge < -0.3 is 0 Å². The van der Waals surface area contributed by atoms with Crippen LogP contribution in [0, 0.1) is 0 Å². The summed E-state index contributed by atoms with van der Waals surface area (Å²) in [5.74, 6) is -0.196. The van der Waals surface area contributed by atoms with Crippen LogP contribution in [-0.4, -0.2) is 11.6 Å². The summed E-state index contributed by atoms with van der Waals surface area (Å²) < 4.78 is 0.948. The Morgan fingerprint density at radius 1 is 1.29 bits per heavy atom. The van der Waals surface area contributed by atoms with Gasteiger partial charge in [-0.1, -0.05) is 15.9 Å². The molecule has 3 nitrogen and oxygen atoms in total. The smallest absolute Gasteiger partial charge is 0.267 e. The van der Waals surface area contributed by atoms with Crippen LogP contribution in [0.5, 0.6) is 0 Å². The fourth-order valence-electron chi connectivity index (χ4n) is 0.828. The Bertz CT molecular complexity index is 353. The summed E-state index contributed by atoms with van der Waals surface area (Å²) in [4.78, 5) is 11.4. The average Bonchev–Trinajstić information content (AvgIpc) is 2.15. The van der Waals surface area contributed by atoms with Gasteiger partial charge in [0.1, 0.15) is 0 Å².